The molecule has 1 N–H and O–H groups in total. The Balaban J connectivity index is 2.28. The SMILES string of the molecule is CCCNC(Cc1c(F)cccc1Cl)c1cncc(F)c1. The highest BCUT2D eigenvalue weighted by Gasteiger charge is 2.17. The molecule has 0 aliphatic heterocycles. The number of hydrogen-bond acceptors (Lipinski definition) is 2. The molecule has 0 saturated carbocycles. The molecule has 2 rings (SSSR count). The van der Waals surface area contributed by atoms with Crippen molar-refractivity contribution in [3.05, 3.63) is 64.4 Å². The molecule has 5 heteroatoms. The van der Waals surface area contributed by atoms with Gasteiger partial charge in [0.25, 0.3) is 0 Å². The van der Waals surface area contributed by atoms with Crippen molar-refractivity contribution in [2.45, 2.75) is 25.8 Å². The molecule has 1 aromatic heterocycles. The number of pyridine rings is 1. The van der Waals surface area contributed by atoms with Gasteiger partial charge < -0.3 is 5.32 Å². The number of nitrogens with one attached hydrogen (secondary N) is 1. The maximum atomic E-state index is 13.9. The van der Waals surface area contributed by atoms with Gasteiger partial charge in [0.05, 0.1) is 6.20 Å². The van der Waals surface area contributed by atoms with Gasteiger partial charge in [0.2, 0.25) is 0 Å². The number of hydrogen-bond donors (Lipinski definition) is 1. The zero-order valence-electron chi connectivity index (χ0n) is 11.7. The Bertz CT molecular complexity index is 584. The van der Waals surface area contributed by atoms with Gasteiger partial charge in [-0.05, 0) is 43.1 Å². The normalized spacial score (nSPS) is 12.4. The van der Waals surface area contributed by atoms with Gasteiger partial charge in [0, 0.05) is 22.8 Å². The van der Waals surface area contributed by atoms with Crippen molar-refractivity contribution in [3.63, 3.8) is 0 Å². The second-order valence-corrected chi connectivity index (χ2v) is 5.25. The summed E-state index contributed by atoms with van der Waals surface area (Å²) in [5.74, 6) is -0.759. The molecule has 0 fully saturated rings. The Morgan fingerprint density at radius 1 is 1.29 bits per heavy atom. The second-order valence-electron chi connectivity index (χ2n) is 4.85. The molecule has 0 radical (unpaired) electrons. The van der Waals surface area contributed by atoms with Crippen LogP contribution in [-0.2, 0) is 6.42 Å². The minimum Gasteiger partial charge on any atom is -0.310 e. The molecule has 21 heavy (non-hydrogen) atoms. The van der Waals surface area contributed by atoms with Crippen LogP contribution in [0.1, 0.15) is 30.5 Å². The zero-order chi connectivity index (χ0) is 15.2. The summed E-state index contributed by atoms with van der Waals surface area (Å²) in [5.41, 5.74) is 1.11. The highest BCUT2D eigenvalue weighted by molar-refractivity contribution is 6.31. The smallest absolute Gasteiger partial charge is 0.141 e. The van der Waals surface area contributed by atoms with Gasteiger partial charge >= 0.3 is 0 Å². The van der Waals surface area contributed by atoms with Gasteiger partial charge in [-0.3, -0.25) is 4.98 Å². The van der Waals surface area contributed by atoms with E-state index in [4.69, 9.17) is 11.6 Å². The molecule has 0 saturated heterocycles. The summed E-state index contributed by atoms with van der Waals surface area (Å²) in [6.45, 7) is 2.78. The van der Waals surface area contributed by atoms with Crippen molar-refractivity contribution >= 4 is 11.6 Å². The molecule has 2 aromatic rings. The van der Waals surface area contributed by atoms with E-state index in [1.165, 1.54) is 12.1 Å². The van der Waals surface area contributed by atoms with E-state index in [2.05, 4.69) is 10.3 Å². The van der Waals surface area contributed by atoms with E-state index in [0.717, 1.165) is 19.2 Å². The Kier molecular flexibility index (Phi) is 5.65. The number of rotatable bonds is 6. The van der Waals surface area contributed by atoms with Crippen LogP contribution in [0.5, 0.6) is 0 Å². The average Bonchev–Trinajstić information content (AvgIpc) is 2.46. The third-order valence-corrected chi connectivity index (χ3v) is 3.59. The van der Waals surface area contributed by atoms with E-state index in [9.17, 15) is 8.78 Å². The Labute approximate surface area is 128 Å². The van der Waals surface area contributed by atoms with Crippen molar-refractivity contribution < 1.29 is 8.78 Å². The molecule has 0 spiro atoms. The molecule has 0 aliphatic carbocycles. The summed E-state index contributed by atoms with van der Waals surface area (Å²) < 4.78 is 27.3. The predicted molar refractivity (Wildman–Crippen MR) is 80.3 cm³/mol. The highest BCUT2D eigenvalue weighted by Crippen LogP contribution is 2.26. The molecule has 0 bridgehead atoms. The maximum absolute atomic E-state index is 13.9. The number of aromatic nitrogens is 1. The lowest BCUT2D eigenvalue weighted by molar-refractivity contribution is 0.507. The molecule has 112 valence electrons. The summed E-state index contributed by atoms with van der Waals surface area (Å²) in [6.07, 6.45) is 4.00. The number of benzene rings is 1. The van der Waals surface area contributed by atoms with Crippen LogP contribution in [0, 0.1) is 11.6 Å². The fourth-order valence-corrected chi connectivity index (χ4v) is 2.42. The number of halogens is 3. The lowest BCUT2D eigenvalue weighted by atomic mass is 9.99. The van der Waals surface area contributed by atoms with Crippen LogP contribution in [0.2, 0.25) is 5.02 Å². The van der Waals surface area contributed by atoms with E-state index in [1.807, 2.05) is 6.92 Å². The first-order valence-electron chi connectivity index (χ1n) is 6.88. The molecule has 1 heterocycles. The number of nitrogens with zero attached hydrogens (tertiary/aromatic N) is 1. The second kappa shape index (κ2) is 7.48. The fourth-order valence-electron chi connectivity index (χ4n) is 2.18. The van der Waals surface area contributed by atoms with Gasteiger partial charge in [0.15, 0.2) is 0 Å². The monoisotopic (exact) mass is 310 g/mol. The minimum atomic E-state index is -0.407. The highest BCUT2D eigenvalue weighted by atomic mass is 35.5. The molecular weight excluding hydrogens is 294 g/mol. The van der Waals surface area contributed by atoms with Crippen LogP contribution in [-0.4, -0.2) is 11.5 Å². The zero-order valence-corrected chi connectivity index (χ0v) is 12.5. The summed E-state index contributed by atoms with van der Waals surface area (Å²) in [7, 11) is 0. The molecule has 0 aliphatic rings. The van der Waals surface area contributed by atoms with Gasteiger partial charge in [0.1, 0.15) is 11.6 Å². The van der Waals surface area contributed by atoms with Gasteiger partial charge in [-0.25, -0.2) is 8.78 Å². The van der Waals surface area contributed by atoms with Crippen molar-refractivity contribution in [1.82, 2.24) is 10.3 Å². The maximum Gasteiger partial charge on any atom is 0.141 e. The Morgan fingerprint density at radius 3 is 2.76 bits per heavy atom. The fraction of sp³-hybridized carbons (Fsp3) is 0.312. The molecule has 0 amide bonds. The van der Waals surface area contributed by atoms with Gasteiger partial charge in [-0.2, -0.15) is 0 Å². The van der Waals surface area contributed by atoms with E-state index >= 15 is 0 Å². The lowest BCUT2D eigenvalue weighted by Gasteiger charge is -2.20. The van der Waals surface area contributed by atoms with Crippen molar-refractivity contribution in [1.29, 1.82) is 0 Å². The summed E-state index contributed by atoms with van der Waals surface area (Å²) in [4.78, 5) is 3.86. The van der Waals surface area contributed by atoms with E-state index in [0.29, 0.717) is 22.6 Å². The first-order chi connectivity index (χ1) is 10.1. The summed E-state index contributed by atoms with van der Waals surface area (Å²) in [6, 6.07) is 5.78. The first-order valence-corrected chi connectivity index (χ1v) is 7.26. The predicted octanol–water partition coefficient (Wildman–Crippen LogP) is 4.30. The molecule has 1 aromatic carbocycles. The standard InChI is InChI=1S/C16H17ClF2N2/c1-2-6-21-16(11-7-12(18)10-20-9-11)8-13-14(17)4-3-5-15(13)19/h3-5,7,9-10,16,21H,2,6,8H2,1H3. The van der Waals surface area contributed by atoms with E-state index < -0.39 is 5.82 Å². The summed E-state index contributed by atoms with van der Waals surface area (Å²) >= 11 is 6.07. The largest absolute Gasteiger partial charge is 0.310 e. The van der Waals surface area contributed by atoms with E-state index in [1.54, 1.807) is 18.3 Å². The van der Waals surface area contributed by atoms with Crippen LogP contribution in [0.3, 0.4) is 0 Å². The third kappa shape index (κ3) is 4.22. The molecule has 1 unspecified atom stereocenters. The lowest BCUT2D eigenvalue weighted by Crippen LogP contribution is -2.25. The molecule has 1 atom stereocenters. The topological polar surface area (TPSA) is 24.9 Å². The van der Waals surface area contributed by atoms with Crippen LogP contribution >= 0.6 is 11.6 Å². The van der Waals surface area contributed by atoms with Gasteiger partial charge in [-0.15, -0.1) is 0 Å². The average molecular weight is 311 g/mol. The first kappa shape index (κ1) is 15.9. The summed E-state index contributed by atoms with van der Waals surface area (Å²) in [5, 5.41) is 3.66. The minimum absolute atomic E-state index is 0.234. The van der Waals surface area contributed by atoms with Crippen LogP contribution in [0.25, 0.3) is 0 Å². The Morgan fingerprint density at radius 2 is 2.10 bits per heavy atom. The Hall–Kier alpha value is -1.52. The van der Waals surface area contributed by atoms with Crippen molar-refractivity contribution in [2.24, 2.45) is 0 Å². The van der Waals surface area contributed by atoms with Crippen LogP contribution in [0.15, 0.2) is 36.7 Å². The quantitative estimate of drug-likeness (QED) is 0.860. The van der Waals surface area contributed by atoms with E-state index in [-0.39, 0.29) is 11.9 Å². The molecule has 2 nitrogen and oxygen atoms in total. The third-order valence-electron chi connectivity index (χ3n) is 3.24. The van der Waals surface area contributed by atoms with Crippen molar-refractivity contribution in [3.8, 4) is 0 Å². The van der Waals surface area contributed by atoms with Crippen LogP contribution in [0.4, 0.5) is 8.78 Å². The van der Waals surface area contributed by atoms with Crippen LogP contribution < -0.4 is 5.32 Å². The van der Waals surface area contributed by atoms with Gasteiger partial charge in [-0.1, -0.05) is 24.6 Å². The molecular formula is C16H17ClF2N2. The van der Waals surface area contributed by atoms with Crippen molar-refractivity contribution in [2.75, 3.05) is 6.54 Å².